The Morgan fingerprint density at radius 3 is 1.40 bits per heavy atom. The van der Waals surface area contributed by atoms with E-state index >= 15 is 0 Å². The summed E-state index contributed by atoms with van der Waals surface area (Å²) in [6.45, 7) is 0. The maximum atomic E-state index is 8.82. The summed E-state index contributed by atoms with van der Waals surface area (Å²) in [5.41, 5.74) is 11.2. The Bertz CT molecular complexity index is 3070. The Kier molecular flexibility index (Phi) is 6.31. The molecule has 0 saturated carbocycles. The molecule has 0 unspecified atom stereocenters. The van der Waals surface area contributed by atoms with Crippen LogP contribution in [0.4, 0.5) is 0 Å². The molecule has 9 aromatic carbocycles. The molecule has 53 heavy (non-hydrogen) atoms. The van der Waals surface area contributed by atoms with E-state index < -0.39 is 6.04 Å². The fourth-order valence-corrected chi connectivity index (χ4v) is 7.70. The minimum atomic E-state index is -0.430. The molecule has 0 aliphatic rings. The van der Waals surface area contributed by atoms with Crippen molar-refractivity contribution in [2.45, 2.75) is 0 Å². The lowest BCUT2D eigenvalue weighted by atomic mass is 9.84. The van der Waals surface area contributed by atoms with E-state index in [-0.39, 0.29) is 29.9 Å². The first kappa shape index (κ1) is 25.8. The van der Waals surface area contributed by atoms with Gasteiger partial charge >= 0.3 is 0 Å². The highest BCUT2D eigenvalue weighted by Crippen LogP contribution is 2.45. The first-order chi connectivity index (χ1) is 28.4. The fourth-order valence-electron chi connectivity index (χ4n) is 7.70. The van der Waals surface area contributed by atoms with Gasteiger partial charge in [0.1, 0.15) is 5.82 Å². The van der Waals surface area contributed by atoms with Crippen LogP contribution in [-0.4, -0.2) is 9.55 Å². The molecule has 0 radical (unpaired) electrons. The van der Waals surface area contributed by atoms with E-state index in [1.54, 1.807) is 4.57 Å². The molecule has 0 aliphatic heterocycles. The maximum Gasteiger partial charge on any atom is 0.145 e. The van der Waals surface area contributed by atoms with E-state index in [9.17, 15) is 0 Å². The number of benzene rings is 9. The number of imidazole rings is 1. The Labute approximate surface area is 315 Å². The molecule has 2 nitrogen and oxygen atoms in total. The molecule has 0 aliphatic carbocycles. The number of hydrogen-bond donors (Lipinski definition) is 0. The molecule has 0 saturated heterocycles. The van der Waals surface area contributed by atoms with Crippen molar-refractivity contribution < 1.29 is 6.85 Å². The van der Waals surface area contributed by atoms with Crippen LogP contribution in [0.3, 0.4) is 0 Å². The van der Waals surface area contributed by atoms with Crippen molar-refractivity contribution in [1.82, 2.24) is 9.55 Å². The van der Waals surface area contributed by atoms with E-state index in [2.05, 4.69) is 140 Å². The monoisotopic (exact) mass is 679 g/mol. The Morgan fingerprint density at radius 1 is 0.377 bits per heavy atom. The highest BCUT2D eigenvalue weighted by Gasteiger charge is 2.19. The second kappa shape index (κ2) is 12.9. The molecule has 2 heteroatoms. The predicted molar refractivity (Wildman–Crippen MR) is 223 cm³/mol. The largest absolute Gasteiger partial charge is 0.292 e. The van der Waals surface area contributed by atoms with Gasteiger partial charge in [-0.1, -0.05) is 164 Å². The molecule has 0 fully saturated rings. The van der Waals surface area contributed by atoms with Crippen LogP contribution in [0.5, 0.6) is 0 Å². The van der Waals surface area contributed by atoms with Gasteiger partial charge in [-0.3, -0.25) is 4.57 Å². The third-order valence-corrected chi connectivity index (χ3v) is 10.1. The van der Waals surface area contributed by atoms with Gasteiger partial charge in [-0.2, -0.15) is 0 Å². The molecular formula is C51H34N2. The van der Waals surface area contributed by atoms with Crippen LogP contribution in [-0.2, 0) is 0 Å². The highest BCUT2D eigenvalue weighted by molar-refractivity contribution is 6.21. The van der Waals surface area contributed by atoms with Crippen molar-refractivity contribution in [1.29, 1.82) is 0 Å². The lowest BCUT2D eigenvalue weighted by Crippen LogP contribution is -1.97. The molecule has 10 rings (SSSR count). The van der Waals surface area contributed by atoms with Crippen LogP contribution < -0.4 is 0 Å². The lowest BCUT2D eigenvalue weighted by molar-refractivity contribution is 1.10. The van der Waals surface area contributed by atoms with E-state index in [0.717, 1.165) is 66.1 Å². The fraction of sp³-hybridized carbons (Fsp3) is 0. The Morgan fingerprint density at radius 2 is 0.830 bits per heavy atom. The summed E-state index contributed by atoms with van der Waals surface area (Å²) < 4.78 is 44.3. The van der Waals surface area contributed by atoms with Gasteiger partial charge in [0.05, 0.1) is 17.9 Å². The third kappa shape index (κ3) is 5.40. The van der Waals surface area contributed by atoms with Crippen molar-refractivity contribution in [3.63, 3.8) is 0 Å². The van der Waals surface area contributed by atoms with Crippen molar-refractivity contribution in [3.05, 3.63) is 206 Å². The first-order valence-corrected chi connectivity index (χ1v) is 17.7. The van der Waals surface area contributed by atoms with Crippen LogP contribution >= 0.6 is 0 Å². The van der Waals surface area contributed by atoms with E-state index in [1.807, 2.05) is 36.4 Å². The lowest BCUT2D eigenvalue weighted by Gasteiger charge is -2.19. The predicted octanol–water partition coefficient (Wildman–Crippen LogP) is 13.7. The third-order valence-electron chi connectivity index (χ3n) is 10.1. The maximum absolute atomic E-state index is 8.82. The second-order valence-electron chi connectivity index (χ2n) is 13.2. The normalized spacial score (nSPS) is 12.7. The van der Waals surface area contributed by atoms with Gasteiger partial charge in [-0.05, 0) is 108 Å². The zero-order valence-corrected chi connectivity index (χ0v) is 28.6. The zero-order chi connectivity index (χ0) is 39.5. The van der Waals surface area contributed by atoms with Gasteiger partial charge in [-0.25, -0.2) is 4.98 Å². The second-order valence-corrected chi connectivity index (χ2v) is 13.2. The summed E-state index contributed by atoms with van der Waals surface area (Å²) in [6, 6.07) is 59.1. The molecule has 10 aromatic rings. The van der Waals surface area contributed by atoms with Crippen molar-refractivity contribution in [3.8, 4) is 61.6 Å². The van der Waals surface area contributed by atoms with E-state index in [0.29, 0.717) is 16.9 Å². The van der Waals surface area contributed by atoms with Gasteiger partial charge in [-0.15, -0.1) is 0 Å². The van der Waals surface area contributed by atoms with Gasteiger partial charge in [0.15, 0.2) is 0 Å². The molecule has 0 N–H and O–H groups in total. The van der Waals surface area contributed by atoms with Gasteiger partial charge in [0.25, 0.3) is 0 Å². The topological polar surface area (TPSA) is 17.8 Å². The van der Waals surface area contributed by atoms with Crippen LogP contribution in [0.1, 0.15) is 6.85 Å². The molecule has 1 heterocycles. The van der Waals surface area contributed by atoms with Gasteiger partial charge in [0, 0.05) is 11.3 Å². The molecule has 0 spiro atoms. The summed E-state index contributed by atoms with van der Waals surface area (Å²) in [5.74, 6) is 0.490. The zero-order valence-electron chi connectivity index (χ0n) is 33.6. The molecular weight excluding hydrogens is 641 g/mol. The SMILES string of the molecule is [2H]c1c([2H])c([2H])c(-n2c(-c3ccc(-c4c5ccccc5c(-c5cc(-c6ccccc6)cc(-c6ccccc6)c5)c5ccccc45)cc3)nc3ccccc32)c([2H])c1[2H]. The first-order valence-electron chi connectivity index (χ1n) is 20.2. The van der Waals surface area contributed by atoms with Crippen LogP contribution in [0.25, 0.3) is 94.2 Å². The number of fused-ring (bicyclic) bond motifs is 3. The molecule has 248 valence electrons. The Hall–Kier alpha value is -7.03. The van der Waals surface area contributed by atoms with Crippen molar-refractivity contribution >= 4 is 32.6 Å². The smallest absolute Gasteiger partial charge is 0.145 e. The minimum Gasteiger partial charge on any atom is -0.292 e. The van der Waals surface area contributed by atoms with Crippen molar-refractivity contribution in [2.75, 3.05) is 0 Å². The van der Waals surface area contributed by atoms with Crippen LogP contribution in [0.2, 0.25) is 0 Å². The summed E-state index contributed by atoms with van der Waals surface area (Å²) in [7, 11) is 0. The van der Waals surface area contributed by atoms with Gasteiger partial charge in [0.2, 0.25) is 0 Å². The number of aromatic nitrogens is 2. The summed E-state index contributed by atoms with van der Waals surface area (Å²) in [5, 5.41) is 4.54. The Balaban J connectivity index is 1.17. The molecule has 0 atom stereocenters. The van der Waals surface area contributed by atoms with Crippen molar-refractivity contribution in [2.24, 2.45) is 0 Å². The van der Waals surface area contributed by atoms with Crippen LogP contribution in [0, 0.1) is 0 Å². The molecule has 1 aromatic heterocycles. The van der Waals surface area contributed by atoms with E-state index in [1.165, 1.54) is 5.56 Å². The van der Waals surface area contributed by atoms with Crippen LogP contribution in [0.15, 0.2) is 206 Å². The summed E-state index contributed by atoms with van der Waals surface area (Å²) >= 11 is 0. The average Bonchev–Trinajstić information content (AvgIpc) is 3.66. The number of rotatable bonds is 6. The quantitative estimate of drug-likeness (QED) is 0.160. The van der Waals surface area contributed by atoms with Gasteiger partial charge < -0.3 is 0 Å². The number of hydrogen-bond acceptors (Lipinski definition) is 1. The number of para-hydroxylation sites is 3. The highest BCUT2D eigenvalue weighted by atomic mass is 15.1. The average molecular weight is 680 g/mol. The molecule has 0 amide bonds. The summed E-state index contributed by atoms with van der Waals surface area (Å²) in [4.78, 5) is 4.96. The van der Waals surface area contributed by atoms with E-state index in [4.69, 9.17) is 11.8 Å². The molecule has 0 bridgehead atoms. The summed E-state index contributed by atoms with van der Waals surface area (Å²) in [6.07, 6.45) is 0. The minimum absolute atomic E-state index is 0.0677. The number of nitrogens with zero attached hydrogens (tertiary/aromatic N) is 2. The standard InChI is InChI=1S/C51H34N2/c1-4-16-35(17-5-1)39-32-40(36-18-6-2-7-19-36)34-41(33-39)50-45-24-12-10-22-43(45)49(44-23-11-13-25-46(44)50)37-28-30-38(31-29-37)51-52-47-26-14-15-27-48(47)53(51)42-20-8-3-9-21-42/h1-34H/i3D,8D,9D,20D,21D.